The summed E-state index contributed by atoms with van der Waals surface area (Å²) in [5.74, 6) is 1.06. The van der Waals surface area contributed by atoms with Gasteiger partial charge in [0.25, 0.3) is 5.91 Å². The molecule has 1 aliphatic rings. The van der Waals surface area contributed by atoms with Gasteiger partial charge in [0.15, 0.2) is 11.5 Å². The number of aromatic nitrogens is 1. The highest BCUT2D eigenvalue weighted by Gasteiger charge is 2.30. The molecule has 1 aromatic rings. The highest BCUT2D eigenvalue weighted by molar-refractivity contribution is 6.17. The van der Waals surface area contributed by atoms with Gasteiger partial charge in [-0.3, -0.25) is 4.79 Å². The molecule has 1 fully saturated rings. The summed E-state index contributed by atoms with van der Waals surface area (Å²) in [6, 6.07) is 1.98. The quantitative estimate of drug-likeness (QED) is 0.723. The molecule has 2 rings (SSSR count). The van der Waals surface area contributed by atoms with Gasteiger partial charge in [0.2, 0.25) is 0 Å². The lowest BCUT2D eigenvalue weighted by Crippen LogP contribution is -2.45. The summed E-state index contributed by atoms with van der Waals surface area (Å²) in [5, 5.41) is 3.83. The van der Waals surface area contributed by atoms with E-state index < -0.39 is 0 Å². The maximum absolute atomic E-state index is 12.4. The topological polar surface area (TPSA) is 55.6 Å². The van der Waals surface area contributed by atoms with Gasteiger partial charge in [-0.05, 0) is 25.7 Å². The third-order valence-corrected chi connectivity index (χ3v) is 3.64. The number of hydrogen-bond acceptors (Lipinski definition) is 4. The van der Waals surface area contributed by atoms with Crippen LogP contribution in [-0.4, -0.2) is 41.5 Å². The molecule has 0 atom stereocenters. The zero-order valence-corrected chi connectivity index (χ0v) is 11.9. The molecule has 0 aromatic carbocycles. The van der Waals surface area contributed by atoms with Crippen LogP contribution in [-0.2, 0) is 11.3 Å². The number of hydrogen-bond donors (Lipinski definition) is 0. The predicted octanol–water partition coefficient (Wildman–Crippen LogP) is 2.44. The standard InChI is InChI=1S/C13H19ClN2O3/c1-18-9-11-8-12(15-19-11)13(17)16(7-3-6-14)10-4-2-5-10/h8,10H,2-7,9H2,1H3. The molecule has 1 aromatic heterocycles. The average Bonchev–Trinajstić information content (AvgIpc) is 2.80. The third kappa shape index (κ3) is 3.48. The maximum atomic E-state index is 12.4. The van der Waals surface area contributed by atoms with Crippen molar-refractivity contribution in [2.45, 2.75) is 38.3 Å². The molecule has 5 nitrogen and oxygen atoms in total. The SMILES string of the molecule is COCc1cc(C(=O)N(CCCCl)C2CCC2)no1. The molecule has 0 saturated heterocycles. The lowest BCUT2D eigenvalue weighted by molar-refractivity contribution is 0.0570. The van der Waals surface area contributed by atoms with E-state index in [0.29, 0.717) is 36.5 Å². The Morgan fingerprint density at radius 3 is 3.00 bits per heavy atom. The van der Waals surface area contributed by atoms with E-state index in [4.69, 9.17) is 20.9 Å². The van der Waals surface area contributed by atoms with Crippen LogP contribution in [0.15, 0.2) is 10.6 Å². The molecule has 6 heteroatoms. The Balaban J connectivity index is 2.03. The van der Waals surface area contributed by atoms with Crippen LogP contribution in [0.1, 0.15) is 41.9 Å². The number of nitrogens with zero attached hydrogens (tertiary/aromatic N) is 2. The van der Waals surface area contributed by atoms with E-state index in [1.807, 2.05) is 4.90 Å². The van der Waals surface area contributed by atoms with Gasteiger partial charge in [-0.15, -0.1) is 11.6 Å². The van der Waals surface area contributed by atoms with Crippen LogP contribution in [0, 0.1) is 0 Å². The smallest absolute Gasteiger partial charge is 0.276 e. The minimum atomic E-state index is -0.0686. The van der Waals surface area contributed by atoms with E-state index in [9.17, 15) is 4.79 Å². The number of alkyl halides is 1. The van der Waals surface area contributed by atoms with E-state index in [2.05, 4.69) is 5.16 Å². The molecular weight excluding hydrogens is 268 g/mol. The highest BCUT2D eigenvalue weighted by Crippen LogP contribution is 2.26. The summed E-state index contributed by atoms with van der Waals surface area (Å²) in [4.78, 5) is 14.3. The number of amides is 1. The van der Waals surface area contributed by atoms with E-state index >= 15 is 0 Å². The van der Waals surface area contributed by atoms with Gasteiger partial charge in [0, 0.05) is 31.6 Å². The zero-order valence-electron chi connectivity index (χ0n) is 11.1. The fourth-order valence-electron chi connectivity index (χ4n) is 2.15. The average molecular weight is 287 g/mol. The number of carbonyl (C=O) groups is 1. The molecule has 1 amide bonds. The molecule has 0 aliphatic heterocycles. The maximum Gasteiger partial charge on any atom is 0.276 e. The first kappa shape index (κ1) is 14.3. The second-order valence-corrected chi connectivity index (χ2v) is 5.12. The van der Waals surface area contributed by atoms with Crippen molar-refractivity contribution in [3.63, 3.8) is 0 Å². The molecule has 1 aliphatic carbocycles. The van der Waals surface area contributed by atoms with Crippen LogP contribution in [0.5, 0.6) is 0 Å². The second-order valence-electron chi connectivity index (χ2n) is 4.74. The van der Waals surface area contributed by atoms with Gasteiger partial charge in [0.1, 0.15) is 6.61 Å². The number of rotatable bonds is 7. The molecule has 19 heavy (non-hydrogen) atoms. The Labute approximate surface area is 117 Å². The van der Waals surface area contributed by atoms with Crippen LogP contribution in [0.25, 0.3) is 0 Å². The lowest BCUT2D eigenvalue weighted by Gasteiger charge is -2.37. The fraction of sp³-hybridized carbons (Fsp3) is 0.692. The van der Waals surface area contributed by atoms with Gasteiger partial charge in [-0.25, -0.2) is 0 Å². The van der Waals surface area contributed by atoms with Gasteiger partial charge >= 0.3 is 0 Å². The van der Waals surface area contributed by atoms with Crippen molar-refractivity contribution in [3.8, 4) is 0 Å². The van der Waals surface area contributed by atoms with E-state index in [1.165, 1.54) is 6.42 Å². The van der Waals surface area contributed by atoms with Crippen molar-refractivity contribution in [2.24, 2.45) is 0 Å². The Kier molecular flexibility index (Phi) is 5.22. The summed E-state index contributed by atoms with van der Waals surface area (Å²) in [7, 11) is 1.57. The highest BCUT2D eigenvalue weighted by atomic mass is 35.5. The van der Waals surface area contributed by atoms with Crippen molar-refractivity contribution in [1.82, 2.24) is 10.1 Å². The zero-order chi connectivity index (χ0) is 13.7. The van der Waals surface area contributed by atoms with Crippen molar-refractivity contribution in [2.75, 3.05) is 19.5 Å². The Hall–Kier alpha value is -1.07. The minimum absolute atomic E-state index is 0.0686. The van der Waals surface area contributed by atoms with Gasteiger partial charge in [-0.2, -0.15) is 0 Å². The van der Waals surface area contributed by atoms with Crippen LogP contribution >= 0.6 is 11.6 Å². The summed E-state index contributed by atoms with van der Waals surface area (Å²) in [6.45, 7) is 1.00. The molecular formula is C13H19ClN2O3. The normalized spacial score (nSPS) is 15.3. The summed E-state index contributed by atoms with van der Waals surface area (Å²) >= 11 is 5.72. The molecule has 0 unspecified atom stereocenters. The molecule has 1 saturated carbocycles. The molecule has 106 valence electrons. The summed E-state index contributed by atoms with van der Waals surface area (Å²) in [6.07, 6.45) is 4.11. The Bertz CT molecular complexity index is 418. The monoisotopic (exact) mass is 286 g/mol. The van der Waals surface area contributed by atoms with Crippen LogP contribution in [0.4, 0.5) is 0 Å². The predicted molar refractivity (Wildman–Crippen MR) is 71.2 cm³/mol. The number of halogens is 1. The van der Waals surface area contributed by atoms with E-state index in [-0.39, 0.29) is 5.91 Å². The van der Waals surface area contributed by atoms with Crippen molar-refractivity contribution < 1.29 is 14.1 Å². The first-order valence-corrected chi connectivity index (χ1v) is 7.11. The van der Waals surface area contributed by atoms with Gasteiger partial charge < -0.3 is 14.2 Å². The second kappa shape index (κ2) is 6.91. The van der Waals surface area contributed by atoms with Gasteiger partial charge in [0.05, 0.1) is 0 Å². The fourth-order valence-corrected chi connectivity index (χ4v) is 2.27. The van der Waals surface area contributed by atoms with E-state index in [0.717, 1.165) is 19.3 Å². The number of ether oxygens (including phenoxy) is 1. The summed E-state index contributed by atoms with van der Waals surface area (Å²) < 4.78 is 10.0. The van der Waals surface area contributed by atoms with E-state index in [1.54, 1.807) is 13.2 Å². The van der Waals surface area contributed by atoms with Crippen molar-refractivity contribution >= 4 is 17.5 Å². The number of carbonyl (C=O) groups excluding carboxylic acids is 1. The Morgan fingerprint density at radius 1 is 1.63 bits per heavy atom. The Morgan fingerprint density at radius 2 is 2.42 bits per heavy atom. The largest absolute Gasteiger partial charge is 0.377 e. The molecule has 0 N–H and O–H groups in total. The summed E-state index contributed by atoms with van der Waals surface area (Å²) in [5.41, 5.74) is 0.355. The van der Waals surface area contributed by atoms with Crippen molar-refractivity contribution in [1.29, 1.82) is 0 Å². The molecule has 1 heterocycles. The lowest BCUT2D eigenvalue weighted by atomic mass is 9.91. The number of methoxy groups -OCH3 is 1. The molecule has 0 spiro atoms. The first-order chi connectivity index (χ1) is 9.26. The van der Waals surface area contributed by atoms with Crippen molar-refractivity contribution in [3.05, 3.63) is 17.5 Å². The first-order valence-electron chi connectivity index (χ1n) is 6.57. The molecule has 0 bridgehead atoms. The van der Waals surface area contributed by atoms with Crippen LogP contribution < -0.4 is 0 Å². The molecule has 0 radical (unpaired) electrons. The van der Waals surface area contributed by atoms with Crippen LogP contribution in [0.2, 0.25) is 0 Å². The van der Waals surface area contributed by atoms with Crippen LogP contribution in [0.3, 0.4) is 0 Å². The minimum Gasteiger partial charge on any atom is -0.377 e. The van der Waals surface area contributed by atoms with Gasteiger partial charge in [-0.1, -0.05) is 5.16 Å². The third-order valence-electron chi connectivity index (χ3n) is 3.37.